The van der Waals surface area contributed by atoms with Crippen LogP contribution in [0.1, 0.15) is 26.2 Å². The molecule has 0 aromatic carbocycles. The highest BCUT2D eigenvalue weighted by Crippen LogP contribution is 2.35. The van der Waals surface area contributed by atoms with Crippen LogP contribution in [0.25, 0.3) is 0 Å². The zero-order chi connectivity index (χ0) is 10.6. The van der Waals surface area contributed by atoms with Crippen molar-refractivity contribution in [3.05, 3.63) is 0 Å². The lowest BCUT2D eigenvalue weighted by molar-refractivity contribution is -0.145. The SMILES string of the molecule is CCOC(=O)[C@@H](N)C[C@H](OC)C1CC1. The quantitative estimate of drug-likeness (QED) is 0.642. The minimum absolute atomic E-state index is 0.120. The second kappa shape index (κ2) is 5.32. The number of nitrogens with two attached hydrogens (primary N) is 1. The highest BCUT2D eigenvalue weighted by molar-refractivity contribution is 5.75. The molecule has 0 amide bonds. The summed E-state index contributed by atoms with van der Waals surface area (Å²) in [7, 11) is 1.67. The van der Waals surface area contributed by atoms with Crippen molar-refractivity contribution in [1.29, 1.82) is 0 Å². The first kappa shape index (κ1) is 11.5. The van der Waals surface area contributed by atoms with Gasteiger partial charge in [0.2, 0.25) is 0 Å². The van der Waals surface area contributed by atoms with Crippen LogP contribution in [0.15, 0.2) is 0 Å². The predicted octanol–water partition coefficient (Wildman–Crippen LogP) is 0.692. The third-order valence-corrected chi connectivity index (χ3v) is 2.53. The summed E-state index contributed by atoms with van der Waals surface area (Å²) in [5.41, 5.74) is 5.69. The summed E-state index contributed by atoms with van der Waals surface area (Å²) in [4.78, 5) is 11.2. The van der Waals surface area contributed by atoms with E-state index in [9.17, 15) is 4.79 Å². The van der Waals surface area contributed by atoms with E-state index in [0.717, 1.165) is 0 Å². The van der Waals surface area contributed by atoms with E-state index >= 15 is 0 Å². The number of esters is 1. The number of hydrogen-bond donors (Lipinski definition) is 1. The number of rotatable bonds is 6. The van der Waals surface area contributed by atoms with Gasteiger partial charge in [0.15, 0.2) is 0 Å². The van der Waals surface area contributed by atoms with Crippen LogP contribution in [0.2, 0.25) is 0 Å². The highest BCUT2D eigenvalue weighted by atomic mass is 16.5. The fourth-order valence-corrected chi connectivity index (χ4v) is 1.54. The van der Waals surface area contributed by atoms with Gasteiger partial charge >= 0.3 is 5.97 Å². The number of ether oxygens (including phenoxy) is 2. The number of carbonyl (C=O) groups is 1. The number of hydrogen-bond acceptors (Lipinski definition) is 4. The summed E-state index contributed by atoms with van der Waals surface area (Å²) >= 11 is 0. The van der Waals surface area contributed by atoms with Gasteiger partial charge < -0.3 is 15.2 Å². The molecule has 0 saturated heterocycles. The van der Waals surface area contributed by atoms with Crippen molar-refractivity contribution in [1.82, 2.24) is 0 Å². The molecule has 0 unspecified atom stereocenters. The zero-order valence-corrected chi connectivity index (χ0v) is 8.86. The van der Waals surface area contributed by atoms with Gasteiger partial charge in [-0.25, -0.2) is 0 Å². The maximum Gasteiger partial charge on any atom is 0.322 e. The van der Waals surface area contributed by atoms with E-state index in [1.54, 1.807) is 14.0 Å². The molecule has 2 N–H and O–H groups in total. The topological polar surface area (TPSA) is 61.5 Å². The molecule has 1 rings (SSSR count). The molecule has 0 aliphatic heterocycles. The average molecular weight is 201 g/mol. The van der Waals surface area contributed by atoms with E-state index in [1.165, 1.54) is 12.8 Å². The molecule has 0 radical (unpaired) electrons. The van der Waals surface area contributed by atoms with Crippen LogP contribution in [0.5, 0.6) is 0 Å². The lowest BCUT2D eigenvalue weighted by Crippen LogP contribution is -2.36. The Bertz CT molecular complexity index is 192. The summed E-state index contributed by atoms with van der Waals surface area (Å²) in [6.45, 7) is 2.16. The smallest absolute Gasteiger partial charge is 0.322 e. The Hall–Kier alpha value is -0.610. The van der Waals surface area contributed by atoms with Gasteiger partial charge in [-0.05, 0) is 32.1 Å². The van der Waals surface area contributed by atoms with Gasteiger partial charge in [-0.2, -0.15) is 0 Å². The summed E-state index contributed by atoms with van der Waals surface area (Å²) in [6, 6.07) is -0.541. The first-order valence-electron chi connectivity index (χ1n) is 5.14. The van der Waals surface area contributed by atoms with Gasteiger partial charge in [0, 0.05) is 7.11 Å². The van der Waals surface area contributed by atoms with E-state index in [1.807, 2.05) is 0 Å². The van der Waals surface area contributed by atoms with Crippen molar-refractivity contribution >= 4 is 5.97 Å². The van der Waals surface area contributed by atoms with Gasteiger partial charge in [-0.3, -0.25) is 4.79 Å². The Labute approximate surface area is 84.7 Å². The lowest BCUT2D eigenvalue weighted by atomic mass is 10.1. The summed E-state index contributed by atoms with van der Waals surface area (Å²) in [5, 5.41) is 0. The second-order valence-electron chi connectivity index (χ2n) is 3.71. The van der Waals surface area contributed by atoms with Gasteiger partial charge in [-0.1, -0.05) is 0 Å². The Balaban J connectivity index is 2.29. The summed E-state index contributed by atoms with van der Waals surface area (Å²) < 4.78 is 10.1. The Morgan fingerprint density at radius 1 is 1.57 bits per heavy atom. The Morgan fingerprint density at radius 2 is 2.21 bits per heavy atom. The van der Waals surface area contributed by atoms with Crippen molar-refractivity contribution in [3.63, 3.8) is 0 Å². The lowest BCUT2D eigenvalue weighted by Gasteiger charge is -2.18. The minimum Gasteiger partial charge on any atom is -0.465 e. The first-order chi connectivity index (χ1) is 6.69. The maximum atomic E-state index is 11.2. The molecule has 0 heterocycles. The molecule has 1 saturated carbocycles. The highest BCUT2D eigenvalue weighted by Gasteiger charge is 2.33. The molecular formula is C10H19NO3. The summed E-state index contributed by atoms with van der Waals surface area (Å²) in [5.74, 6) is 0.274. The third kappa shape index (κ3) is 3.27. The van der Waals surface area contributed by atoms with Crippen molar-refractivity contribution in [2.75, 3.05) is 13.7 Å². The molecule has 4 heteroatoms. The maximum absolute atomic E-state index is 11.2. The van der Waals surface area contributed by atoms with Gasteiger partial charge in [0.25, 0.3) is 0 Å². The zero-order valence-electron chi connectivity index (χ0n) is 8.86. The largest absolute Gasteiger partial charge is 0.465 e. The van der Waals surface area contributed by atoms with Gasteiger partial charge in [-0.15, -0.1) is 0 Å². The van der Waals surface area contributed by atoms with Gasteiger partial charge in [0.1, 0.15) is 6.04 Å². The van der Waals surface area contributed by atoms with Crippen LogP contribution in [-0.2, 0) is 14.3 Å². The normalized spacial score (nSPS) is 20.2. The molecule has 0 spiro atoms. The van der Waals surface area contributed by atoms with Crippen LogP contribution >= 0.6 is 0 Å². The van der Waals surface area contributed by atoms with Crippen molar-refractivity contribution in [2.24, 2.45) is 11.7 Å². The molecule has 1 aliphatic rings. The molecule has 4 nitrogen and oxygen atoms in total. The fraction of sp³-hybridized carbons (Fsp3) is 0.900. The predicted molar refractivity (Wildman–Crippen MR) is 52.7 cm³/mol. The van der Waals surface area contributed by atoms with Crippen molar-refractivity contribution in [3.8, 4) is 0 Å². The second-order valence-corrected chi connectivity index (χ2v) is 3.71. The van der Waals surface area contributed by atoms with E-state index in [2.05, 4.69) is 0 Å². The first-order valence-corrected chi connectivity index (χ1v) is 5.14. The van der Waals surface area contributed by atoms with Crippen molar-refractivity contribution < 1.29 is 14.3 Å². The Morgan fingerprint density at radius 3 is 2.64 bits per heavy atom. The minimum atomic E-state index is -0.541. The molecule has 1 fully saturated rings. The monoisotopic (exact) mass is 201 g/mol. The van der Waals surface area contributed by atoms with E-state index in [0.29, 0.717) is 18.9 Å². The molecule has 0 aromatic rings. The molecule has 0 aromatic heterocycles. The van der Waals surface area contributed by atoms with Gasteiger partial charge in [0.05, 0.1) is 12.7 Å². The van der Waals surface area contributed by atoms with Crippen molar-refractivity contribution in [2.45, 2.75) is 38.3 Å². The molecule has 82 valence electrons. The Kier molecular flexibility index (Phi) is 4.35. The van der Waals surface area contributed by atoms with E-state index in [-0.39, 0.29) is 12.1 Å². The molecule has 0 bridgehead atoms. The van der Waals surface area contributed by atoms with E-state index in [4.69, 9.17) is 15.2 Å². The van der Waals surface area contributed by atoms with Crippen LogP contribution in [-0.4, -0.2) is 31.8 Å². The molecule has 1 aliphatic carbocycles. The third-order valence-electron chi connectivity index (χ3n) is 2.53. The molecule has 2 atom stereocenters. The molecule has 14 heavy (non-hydrogen) atoms. The molecular weight excluding hydrogens is 182 g/mol. The fourth-order valence-electron chi connectivity index (χ4n) is 1.54. The van der Waals surface area contributed by atoms with Crippen LogP contribution in [0.4, 0.5) is 0 Å². The van der Waals surface area contributed by atoms with Crippen LogP contribution < -0.4 is 5.73 Å². The number of carbonyl (C=O) groups excluding carboxylic acids is 1. The number of methoxy groups -OCH3 is 1. The van der Waals surface area contributed by atoms with Crippen LogP contribution in [0.3, 0.4) is 0 Å². The van der Waals surface area contributed by atoms with E-state index < -0.39 is 6.04 Å². The summed E-state index contributed by atoms with van der Waals surface area (Å²) in [6.07, 6.45) is 3.07. The standard InChI is InChI=1S/C10H19NO3/c1-3-14-10(12)8(11)6-9(13-2)7-4-5-7/h7-9H,3-6,11H2,1-2H3/t8-,9-/m0/s1. The average Bonchev–Trinajstić information content (AvgIpc) is 2.97. The van der Waals surface area contributed by atoms with Crippen LogP contribution in [0, 0.1) is 5.92 Å².